The minimum absolute atomic E-state index is 0.216. The second-order valence-corrected chi connectivity index (χ2v) is 10.1. The first-order valence-electron chi connectivity index (χ1n) is 12.5. The van der Waals surface area contributed by atoms with Crippen LogP contribution >= 0.6 is 0 Å². The molecule has 2 aromatic carbocycles. The van der Waals surface area contributed by atoms with E-state index in [1.807, 2.05) is 6.08 Å². The summed E-state index contributed by atoms with van der Waals surface area (Å²) < 4.78 is 19.3. The van der Waals surface area contributed by atoms with E-state index < -0.39 is 0 Å². The summed E-state index contributed by atoms with van der Waals surface area (Å²) in [6.07, 6.45) is 13.9. The van der Waals surface area contributed by atoms with Gasteiger partial charge in [0, 0.05) is 17.5 Å². The maximum absolute atomic E-state index is 14.1. The van der Waals surface area contributed by atoms with Crippen molar-refractivity contribution >= 4 is 12.0 Å². The number of ether oxygens (including phenoxy) is 1. The van der Waals surface area contributed by atoms with Crippen LogP contribution in [0.1, 0.15) is 73.1 Å². The van der Waals surface area contributed by atoms with Gasteiger partial charge in [-0.3, -0.25) is 4.79 Å². The lowest BCUT2D eigenvalue weighted by Gasteiger charge is -2.26. The van der Waals surface area contributed by atoms with Crippen molar-refractivity contribution in [3.05, 3.63) is 70.5 Å². The van der Waals surface area contributed by atoms with Crippen LogP contribution in [-0.4, -0.2) is 19.1 Å². The van der Waals surface area contributed by atoms with E-state index in [-0.39, 0.29) is 17.6 Å². The Morgan fingerprint density at radius 1 is 1.06 bits per heavy atom. The van der Waals surface area contributed by atoms with Crippen molar-refractivity contribution in [2.75, 3.05) is 7.11 Å². The normalized spacial score (nSPS) is 25.0. The summed E-state index contributed by atoms with van der Waals surface area (Å²) in [5.74, 6) is 1.99. The molecule has 0 spiro atoms. The van der Waals surface area contributed by atoms with Gasteiger partial charge >= 0.3 is 0 Å². The molecule has 3 aliphatic rings. The molecule has 5 rings (SSSR count). The van der Waals surface area contributed by atoms with E-state index in [0.717, 1.165) is 51.4 Å². The fourth-order valence-electron chi connectivity index (χ4n) is 5.64. The van der Waals surface area contributed by atoms with E-state index in [9.17, 15) is 9.18 Å². The molecule has 2 fully saturated rings. The first kappa shape index (κ1) is 22.2. The number of fused-ring (bicyclic) bond motifs is 1. The first-order chi connectivity index (χ1) is 16.1. The van der Waals surface area contributed by atoms with Crippen molar-refractivity contribution in [3.63, 3.8) is 0 Å². The van der Waals surface area contributed by atoms with Crippen molar-refractivity contribution in [2.24, 2.45) is 11.8 Å². The first-order valence-corrected chi connectivity index (χ1v) is 12.5. The molecule has 3 atom stereocenters. The van der Waals surface area contributed by atoms with Crippen LogP contribution in [0.25, 0.3) is 6.08 Å². The molecule has 0 aliphatic heterocycles. The molecule has 1 N–H and O–H groups in total. The molecule has 4 heteroatoms. The molecular weight excluding hydrogens is 413 g/mol. The molecule has 0 saturated heterocycles. The summed E-state index contributed by atoms with van der Waals surface area (Å²) >= 11 is 0. The lowest BCUT2D eigenvalue weighted by atomic mass is 9.81. The number of allylic oxidation sites excluding steroid dienone is 1. The van der Waals surface area contributed by atoms with Gasteiger partial charge in [0.05, 0.1) is 7.11 Å². The van der Waals surface area contributed by atoms with Crippen LogP contribution in [0.4, 0.5) is 4.39 Å². The Labute approximate surface area is 196 Å². The summed E-state index contributed by atoms with van der Waals surface area (Å²) in [4.78, 5) is 12.3. The zero-order valence-corrected chi connectivity index (χ0v) is 19.5. The fourth-order valence-corrected chi connectivity index (χ4v) is 5.64. The molecule has 0 radical (unpaired) electrons. The van der Waals surface area contributed by atoms with Crippen molar-refractivity contribution < 1.29 is 13.9 Å². The monoisotopic (exact) mass is 447 g/mol. The van der Waals surface area contributed by atoms with Crippen molar-refractivity contribution in [3.8, 4) is 5.75 Å². The standard InChI is InChI=1S/C29H34FNO2/c1-33-27-13-14-28(30)25(18-27)8-6-19-5-7-22-16-23(10-9-21(22)15-19)24-11-12-26(17-24)31-29(32)20-3-2-4-20/h6,8-10,13-14,16,18-20,24,26H,2-5,7,11-12,15,17H2,1H3,(H,31,32)/b8-6+. The number of hydrogen-bond donors (Lipinski definition) is 1. The molecule has 33 heavy (non-hydrogen) atoms. The van der Waals surface area contributed by atoms with Crippen LogP contribution in [0, 0.1) is 17.7 Å². The summed E-state index contributed by atoms with van der Waals surface area (Å²) in [6, 6.07) is 12.2. The number of rotatable bonds is 6. The van der Waals surface area contributed by atoms with Gasteiger partial charge in [-0.2, -0.15) is 0 Å². The van der Waals surface area contributed by atoms with Gasteiger partial charge in [-0.25, -0.2) is 4.39 Å². The number of methoxy groups -OCH3 is 1. The van der Waals surface area contributed by atoms with Crippen molar-refractivity contribution in [1.29, 1.82) is 0 Å². The predicted molar refractivity (Wildman–Crippen MR) is 130 cm³/mol. The highest BCUT2D eigenvalue weighted by Gasteiger charge is 2.31. The molecule has 3 nitrogen and oxygen atoms in total. The van der Waals surface area contributed by atoms with E-state index in [1.54, 1.807) is 19.2 Å². The number of hydrogen-bond acceptors (Lipinski definition) is 2. The Morgan fingerprint density at radius 3 is 2.73 bits per heavy atom. The number of carbonyl (C=O) groups is 1. The van der Waals surface area contributed by atoms with E-state index in [2.05, 4.69) is 29.6 Å². The highest BCUT2D eigenvalue weighted by Crippen LogP contribution is 2.38. The third kappa shape index (κ3) is 5.00. The molecule has 174 valence electrons. The lowest BCUT2D eigenvalue weighted by Crippen LogP contribution is -2.39. The quantitative estimate of drug-likeness (QED) is 0.572. The third-order valence-electron chi connectivity index (χ3n) is 7.97. The zero-order valence-electron chi connectivity index (χ0n) is 19.5. The van der Waals surface area contributed by atoms with Crippen LogP contribution in [0.2, 0.25) is 0 Å². The second-order valence-electron chi connectivity index (χ2n) is 10.1. The van der Waals surface area contributed by atoms with Crippen LogP contribution in [0.15, 0.2) is 42.5 Å². The number of benzene rings is 2. The average molecular weight is 448 g/mol. The van der Waals surface area contributed by atoms with Gasteiger partial charge < -0.3 is 10.1 Å². The number of carbonyl (C=O) groups excluding carboxylic acids is 1. The molecule has 2 aromatic rings. The van der Waals surface area contributed by atoms with Crippen LogP contribution in [-0.2, 0) is 17.6 Å². The molecule has 0 aromatic heterocycles. The Bertz CT molecular complexity index is 1040. The Balaban J connectivity index is 1.19. The van der Waals surface area contributed by atoms with Crippen LogP contribution < -0.4 is 10.1 Å². The Kier molecular flexibility index (Phi) is 6.52. The number of amides is 1. The molecule has 2 saturated carbocycles. The van der Waals surface area contributed by atoms with Gasteiger partial charge in [0.15, 0.2) is 0 Å². The number of aryl methyl sites for hydroxylation is 1. The summed E-state index contributed by atoms with van der Waals surface area (Å²) in [5, 5.41) is 3.31. The average Bonchev–Trinajstić information content (AvgIpc) is 3.25. The molecule has 0 bridgehead atoms. The summed E-state index contributed by atoms with van der Waals surface area (Å²) in [6.45, 7) is 0. The van der Waals surface area contributed by atoms with E-state index >= 15 is 0 Å². The maximum Gasteiger partial charge on any atom is 0.223 e. The van der Waals surface area contributed by atoms with E-state index in [0.29, 0.717) is 29.2 Å². The minimum atomic E-state index is -0.216. The highest BCUT2D eigenvalue weighted by atomic mass is 19.1. The molecular formula is C29H34FNO2. The fraction of sp³-hybridized carbons (Fsp3) is 0.483. The van der Waals surface area contributed by atoms with E-state index in [4.69, 9.17) is 4.74 Å². The Morgan fingerprint density at radius 2 is 1.94 bits per heavy atom. The largest absolute Gasteiger partial charge is 0.497 e. The predicted octanol–water partition coefficient (Wildman–Crippen LogP) is 6.21. The number of nitrogens with one attached hydrogen (secondary N) is 1. The van der Waals surface area contributed by atoms with Crippen molar-refractivity contribution in [1.82, 2.24) is 5.32 Å². The number of halogens is 1. The van der Waals surface area contributed by atoms with Gasteiger partial charge in [-0.15, -0.1) is 0 Å². The van der Waals surface area contributed by atoms with E-state index in [1.165, 1.54) is 29.2 Å². The third-order valence-corrected chi connectivity index (χ3v) is 7.97. The SMILES string of the molecule is COc1ccc(F)c(/C=C/C2CCc3cc(C4CCC(NC(=O)C5CCC5)C4)ccc3C2)c1. The van der Waals surface area contributed by atoms with Crippen molar-refractivity contribution in [2.45, 2.75) is 69.7 Å². The topological polar surface area (TPSA) is 38.3 Å². The van der Waals surface area contributed by atoms with Gasteiger partial charge in [-0.05, 0) is 98.1 Å². The summed E-state index contributed by atoms with van der Waals surface area (Å²) in [5.41, 5.74) is 4.89. The Hall–Kier alpha value is -2.62. The zero-order chi connectivity index (χ0) is 22.8. The van der Waals surface area contributed by atoms with Gasteiger partial charge in [0.2, 0.25) is 5.91 Å². The molecule has 0 heterocycles. The second kappa shape index (κ2) is 9.70. The minimum Gasteiger partial charge on any atom is -0.497 e. The van der Waals surface area contributed by atoms with Crippen LogP contribution in [0.3, 0.4) is 0 Å². The summed E-state index contributed by atoms with van der Waals surface area (Å²) in [7, 11) is 1.60. The van der Waals surface area contributed by atoms with Gasteiger partial charge in [-0.1, -0.05) is 36.8 Å². The highest BCUT2D eigenvalue weighted by molar-refractivity contribution is 5.79. The van der Waals surface area contributed by atoms with Gasteiger partial charge in [0.1, 0.15) is 11.6 Å². The molecule has 3 unspecified atom stereocenters. The lowest BCUT2D eigenvalue weighted by molar-refractivity contribution is -0.128. The molecule has 3 aliphatic carbocycles. The van der Waals surface area contributed by atoms with Crippen LogP contribution in [0.5, 0.6) is 5.75 Å². The maximum atomic E-state index is 14.1. The smallest absolute Gasteiger partial charge is 0.223 e. The van der Waals surface area contributed by atoms with Gasteiger partial charge in [0.25, 0.3) is 0 Å². The molecule has 1 amide bonds.